The number of para-hydroxylation sites is 1. The SMILES string of the molecule is COc1ccccc1S(=O)(=O)Nc1cc(-c2ccnc(CC(C)=O)c2)cnc1C. The highest BCUT2D eigenvalue weighted by Crippen LogP contribution is 2.28. The van der Waals surface area contributed by atoms with Gasteiger partial charge >= 0.3 is 0 Å². The number of nitrogens with one attached hydrogen (secondary N) is 1. The van der Waals surface area contributed by atoms with Gasteiger partial charge < -0.3 is 4.74 Å². The average molecular weight is 411 g/mol. The third kappa shape index (κ3) is 4.78. The lowest BCUT2D eigenvalue weighted by molar-refractivity contribution is -0.116. The fourth-order valence-corrected chi connectivity index (χ4v) is 4.12. The van der Waals surface area contributed by atoms with E-state index < -0.39 is 10.0 Å². The van der Waals surface area contributed by atoms with Crippen molar-refractivity contribution in [3.05, 3.63) is 66.2 Å². The highest BCUT2D eigenvalue weighted by molar-refractivity contribution is 7.92. The zero-order valence-electron chi connectivity index (χ0n) is 16.3. The molecule has 0 radical (unpaired) electrons. The molecule has 2 heterocycles. The summed E-state index contributed by atoms with van der Waals surface area (Å²) in [4.78, 5) is 19.9. The molecule has 3 aromatic rings. The largest absolute Gasteiger partial charge is 0.495 e. The van der Waals surface area contributed by atoms with Crippen molar-refractivity contribution in [1.29, 1.82) is 0 Å². The number of nitrogens with zero attached hydrogens (tertiary/aromatic N) is 2. The minimum atomic E-state index is -3.87. The van der Waals surface area contributed by atoms with Crippen LogP contribution in [-0.2, 0) is 21.2 Å². The number of carbonyl (C=O) groups excluding carboxylic acids is 1. The number of hydrogen-bond donors (Lipinski definition) is 1. The number of hydrogen-bond acceptors (Lipinski definition) is 6. The van der Waals surface area contributed by atoms with Gasteiger partial charge in [0.15, 0.2) is 0 Å². The second-order valence-corrected chi connectivity index (χ2v) is 8.18. The molecule has 7 nitrogen and oxygen atoms in total. The van der Waals surface area contributed by atoms with Crippen LogP contribution in [0.1, 0.15) is 18.3 Å². The Bertz CT molecular complexity index is 1160. The Morgan fingerprint density at radius 1 is 1.10 bits per heavy atom. The first-order chi connectivity index (χ1) is 13.8. The molecule has 0 atom stereocenters. The van der Waals surface area contributed by atoms with E-state index in [4.69, 9.17) is 4.74 Å². The summed E-state index contributed by atoms with van der Waals surface area (Å²) in [5.74, 6) is 0.270. The number of sulfonamides is 1. The maximum absolute atomic E-state index is 12.9. The highest BCUT2D eigenvalue weighted by atomic mass is 32.2. The van der Waals surface area contributed by atoms with Crippen LogP contribution in [0.25, 0.3) is 11.1 Å². The van der Waals surface area contributed by atoms with Gasteiger partial charge in [0.2, 0.25) is 0 Å². The predicted octanol–water partition coefficient (Wildman–Crippen LogP) is 3.39. The lowest BCUT2D eigenvalue weighted by Gasteiger charge is -2.14. The van der Waals surface area contributed by atoms with Crippen LogP contribution in [0.5, 0.6) is 5.75 Å². The first-order valence-electron chi connectivity index (χ1n) is 8.87. The van der Waals surface area contributed by atoms with Gasteiger partial charge in [0, 0.05) is 30.1 Å². The molecule has 0 bridgehead atoms. The van der Waals surface area contributed by atoms with Crippen molar-refractivity contribution in [2.75, 3.05) is 11.8 Å². The first-order valence-corrected chi connectivity index (χ1v) is 10.4. The van der Waals surface area contributed by atoms with Gasteiger partial charge in [0.05, 0.1) is 18.5 Å². The molecule has 0 fully saturated rings. The number of carbonyl (C=O) groups is 1. The number of benzene rings is 1. The maximum Gasteiger partial charge on any atom is 0.265 e. The number of aryl methyl sites for hydroxylation is 1. The van der Waals surface area contributed by atoms with Gasteiger partial charge in [-0.3, -0.25) is 19.5 Å². The number of rotatable bonds is 7. The molecule has 150 valence electrons. The third-order valence-corrected chi connectivity index (χ3v) is 5.67. The van der Waals surface area contributed by atoms with E-state index in [1.807, 2.05) is 0 Å². The third-order valence-electron chi connectivity index (χ3n) is 4.27. The Morgan fingerprint density at radius 2 is 1.86 bits per heavy atom. The molecular formula is C21H21N3O4S. The fourth-order valence-electron chi connectivity index (χ4n) is 2.84. The monoisotopic (exact) mass is 411 g/mol. The number of Topliss-reactive ketones (excluding diaryl/α,β-unsaturated/α-hetero) is 1. The fraction of sp³-hybridized carbons (Fsp3) is 0.190. The van der Waals surface area contributed by atoms with Gasteiger partial charge in [0.1, 0.15) is 16.4 Å². The van der Waals surface area contributed by atoms with Crippen LogP contribution in [0.2, 0.25) is 0 Å². The molecule has 29 heavy (non-hydrogen) atoms. The van der Waals surface area contributed by atoms with Crippen LogP contribution < -0.4 is 9.46 Å². The molecule has 1 N–H and O–H groups in total. The van der Waals surface area contributed by atoms with Crippen LogP contribution in [0.3, 0.4) is 0 Å². The zero-order chi connectivity index (χ0) is 21.0. The van der Waals surface area contributed by atoms with E-state index in [0.29, 0.717) is 22.6 Å². The number of anilines is 1. The Labute approximate surface area is 169 Å². The Kier molecular flexibility index (Phi) is 5.93. The van der Waals surface area contributed by atoms with Crippen molar-refractivity contribution >= 4 is 21.5 Å². The minimum absolute atomic E-state index is 0.0157. The van der Waals surface area contributed by atoms with Crippen molar-refractivity contribution in [2.24, 2.45) is 0 Å². The van der Waals surface area contributed by atoms with Gasteiger partial charge in [-0.05, 0) is 49.7 Å². The molecule has 0 spiro atoms. The Hall–Kier alpha value is -3.26. The van der Waals surface area contributed by atoms with E-state index in [0.717, 1.165) is 5.56 Å². The van der Waals surface area contributed by atoms with Crippen LogP contribution in [0.15, 0.2) is 59.8 Å². The summed E-state index contributed by atoms with van der Waals surface area (Å²) in [5, 5.41) is 0. The first kappa shape index (κ1) is 20.5. The molecule has 2 aromatic heterocycles. The molecule has 0 saturated carbocycles. The van der Waals surface area contributed by atoms with Gasteiger partial charge in [-0.2, -0.15) is 0 Å². The van der Waals surface area contributed by atoms with E-state index >= 15 is 0 Å². The second kappa shape index (κ2) is 8.40. The van der Waals surface area contributed by atoms with Crippen molar-refractivity contribution in [2.45, 2.75) is 25.2 Å². The summed E-state index contributed by atoms with van der Waals surface area (Å²) in [6.07, 6.45) is 3.51. The zero-order valence-corrected chi connectivity index (χ0v) is 17.2. The smallest absolute Gasteiger partial charge is 0.265 e. The summed E-state index contributed by atoms with van der Waals surface area (Å²) in [5.41, 5.74) is 3.04. The number of pyridine rings is 2. The van der Waals surface area contributed by atoms with Crippen LogP contribution in [0, 0.1) is 6.92 Å². The lowest BCUT2D eigenvalue weighted by Crippen LogP contribution is -2.15. The molecule has 1 aromatic carbocycles. The summed E-state index contributed by atoms with van der Waals surface area (Å²) < 4.78 is 33.5. The summed E-state index contributed by atoms with van der Waals surface area (Å²) in [6.45, 7) is 3.23. The van der Waals surface area contributed by atoms with Crippen LogP contribution in [-0.4, -0.2) is 31.3 Å². The van der Waals surface area contributed by atoms with Crippen molar-refractivity contribution < 1.29 is 17.9 Å². The van der Waals surface area contributed by atoms with E-state index in [-0.39, 0.29) is 22.8 Å². The molecule has 3 rings (SSSR count). The summed E-state index contributed by atoms with van der Waals surface area (Å²) in [7, 11) is -2.45. The topological polar surface area (TPSA) is 98.3 Å². The van der Waals surface area contributed by atoms with Gasteiger partial charge in [-0.15, -0.1) is 0 Å². The molecule has 0 aliphatic rings. The molecular weight excluding hydrogens is 390 g/mol. The highest BCUT2D eigenvalue weighted by Gasteiger charge is 2.20. The molecule has 0 saturated heterocycles. The standard InChI is InChI=1S/C21H21N3O4S/c1-14(25)10-18-11-16(8-9-22-18)17-12-19(15(2)23-13-17)24-29(26,27)21-7-5-4-6-20(21)28-3/h4-9,11-13,24H,10H2,1-3H3. The van der Waals surface area contributed by atoms with Gasteiger partial charge in [-0.1, -0.05) is 12.1 Å². The van der Waals surface area contributed by atoms with Crippen LogP contribution >= 0.6 is 0 Å². The number of ketones is 1. The van der Waals surface area contributed by atoms with E-state index in [1.54, 1.807) is 55.7 Å². The van der Waals surface area contributed by atoms with Crippen molar-refractivity contribution in [3.8, 4) is 16.9 Å². The van der Waals surface area contributed by atoms with E-state index in [1.165, 1.54) is 20.1 Å². The second-order valence-electron chi connectivity index (χ2n) is 6.53. The minimum Gasteiger partial charge on any atom is -0.495 e. The number of methoxy groups -OCH3 is 1. The van der Waals surface area contributed by atoms with Gasteiger partial charge in [0.25, 0.3) is 10.0 Å². The maximum atomic E-state index is 12.9. The summed E-state index contributed by atoms with van der Waals surface area (Å²) >= 11 is 0. The average Bonchev–Trinajstić information content (AvgIpc) is 2.69. The number of ether oxygens (including phenoxy) is 1. The Balaban J connectivity index is 1.97. The Morgan fingerprint density at radius 3 is 2.59 bits per heavy atom. The normalized spacial score (nSPS) is 11.1. The van der Waals surface area contributed by atoms with E-state index in [2.05, 4.69) is 14.7 Å². The summed E-state index contributed by atoms with van der Waals surface area (Å²) in [6, 6.07) is 11.7. The molecule has 8 heteroatoms. The van der Waals surface area contributed by atoms with Gasteiger partial charge in [-0.25, -0.2) is 8.42 Å². The quantitative estimate of drug-likeness (QED) is 0.640. The molecule has 0 aliphatic carbocycles. The number of aromatic nitrogens is 2. The van der Waals surface area contributed by atoms with E-state index in [9.17, 15) is 13.2 Å². The van der Waals surface area contributed by atoms with Crippen molar-refractivity contribution in [1.82, 2.24) is 9.97 Å². The predicted molar refractivity (Wildman–Crippen MR) is 110 cm³/mol. The molecule has 0 aliphatic heterocycles. The van der Waals surface area contributed by atoms with Crippen LogP contribution in [0.4, 0.5) is 5.69 Å². The lowest BCUT2D eigenvalue weighted by atomic mass is 10.1. The molecule has 0 amide bonds. The van der Waals surface area contributed by atoms with Crippen molar-refractivity contribution in [3.63, 3.8) is 0 Å². The molecule has 0 unspecified atom stereocenters.